The minimum Gasteiger partial charge on any atom is -0.426 e. The topological polar surface area (TPSA) is 61.8 Å². The van der Waals surface area contributed by atoms with Crippen molar-refractivity contribution in [2.24, 2.45) is 0 Å². The largest absolute Gasteiger partial charge is 0.519 e. The highest BCUT2D eigenvalue weighted by molar-refractivity contribution is 5.78. The zero-order chi connectivity index (χ0) is 8.77. The lowest BCUT2D eigenvalue weighted by Gasteiger charge is -2.41. The third kappa shape index (κ3) is 0.929. The SMILES string of the molecule is CC12CCC1OC(=O)OC(=O)O2. The average Bonchev–Trinajstić information content (AvgIpc) is 2.02. The molecule has 2 unspecified atom stereocenters. The zero-order valence-electron chi connectivity index (χ0n) is 6.53. The first-order valence-electron chi connectivity index (χ1n) is 3.72. The van der Waals surface area contributed by atoms with Gasteiger partial charge in [0.2, 0.25) is 0 Å². The van der Waals surface area contributed by atoms with E-state index in [4.69, 9.17) is 9.47 Å². The molecule has 0 radical (unpaired) electrons. The quantitative estimate of drug-likeness (QED) is 0.406. The summed E-state index contributed by atoms with van der Waals surface area (Å²) in [6.45, 7) is 1.72. The van der Waals surface area contributed by atoms with Gasteiger partial charge in [0, 0.05) is 0 Å². The van der Waals surface area contributed by atoms with Gasteiger partial charge in [0.25, 0.3) is 0 Å². The van der Waals surface area contributed by atoms with Gasteiger partial charge in [0.15, 0.2) is 0 Å². The number of hydrogen-bond acceptors (Lipinski definition) is 5. The molecule has 1 saturated heterocycles. The molecule has 1 aliphatic carbocycles. The Morgan fingerprint density at radius 1 is 1.42 bits per heavy atom. The minimum absolute atomic E-state index is 0.337. The molecule has 1 aliphatic heterocycles. The highest BCUT2D eigenvalue weighted by Gasteiger charge is 2.52. The Morgan fingerprint density at radius 3 is 2.75 bits per heavy atom. The van der Waals surface area contributed by atoms with Crippen LogP contribution in [0.4, 0.5) is 9.59 Å². The molecule has 12 heavy (non-hydrogen) atoms. The molecule has 0 N–H and O–H groups in total. The van der Waals surface area contributed by atoms with Gasteiger partial charge >= 0.3 is 12.3 Å². The fourth-order valence-electron chi connectivity index (χ4n) is 1.39. The van der Waals surface area contributed by atoms with Crippen molar-refractivity contribution in [2.45, 2.75) is 31.5 Å². The summed E-state index contributed by atoms with van der Waals surface area (Å²) in [5, 5.41) is 0. The Balaban J connectivity index is 2.19. The van der Waals surface area contributed by atoms with Crippen LogP contribution in [0.5, 0.6) is 0 Å². The van der Waals surface area contributed by atoms with Gasteiger partial charge in [0.05, 0.1) is 0 Å². The molecule has 2 atom stereocenters. The van der Waals surface area contributed by atoms with Crippen molar-refractivity contribution < 1.29 is 23.8 Å². The lowest BCUT2D eigenvalue weighted by atomic mass is 9.78. The second kappa shape index (κ2) is 2.12. The van der Waals surface area contributed by atoms with E-state index >= 15 is 0 Å². The van der Waals surface area contributed by atoms with Gasteiger partial charge in [-0.15, -0.1) is 0 Å². The van der Waals surface area contributed by atoms with E-state index in [0.29, 0.717) is 6.42 Å². The Morgan fingerprint density at radius 2 is 2.17 bits per heavy atom. The molecule has 5 nitrogen and oxygen atoms in total. The van der Waals surface area contributed by atoms with Crippen molar-refractivity contribution in [1.29, 1.82) is 0 Å². The van der Waals surface area contributed by atoms with Crippen molar-refractivity contribution in [1.82, 2.24) is 0 Å². The van der Waals surface area contributed by atoms with Crippen LogP contribution in [0, 0.1) is 0 Å². The van der Waals surface area contributed by atoms with Crippen molar-refractivity contribution in [3.63, 3.8) is 0 Å². The van der Waals surface area contributed by atoms with Gasteiger partial charge in [-0.1, -0.05) is 0 Å². The first-order valence-corrected chi connectivity index (χ1v) is 3.72. The molecule has 2 rings (SSSR count). The van der Waals surface area contributed by atoms with Crippen molar-refractivity contribution in [3.05, 3.63) is 0 Å². The lowest BCUT2D eigenvalue weighted by molar-refractivity contribution is -0.123. The molecule has 1 heterocycles. The van der Waals surface area contributed by atoms with E-state index in [1.54, 1.807) is 6.92 Å². The molecule has 0 amide bonds. The molecule has 5 heteroatoms. The maximum absolute atomic E-state index is 10.7. The van der Waals surface area contributed by atoms with E-state index in [1.165, 1.54) is 0 Å². The number of fused-ring (bicyclic) bond motifs is 1. The Kier molecular flexibility index (Phi) is 1.31. The maximum Gasteiger partial charge on any atom is 0.519 e. The monoisotopic (exact) mass is 172 g/mol. The third-order valence-corrected chi connectivity index (χ3v) is 2.31. The van der Waals surface area contributed by atoms with E-state index in [-0.39, 0.29) is 6.10 Å². The molecule has 0 aromatic heterocycles. The lowest BCUT2D eigenvalue weighted by Crippen LogP contribution is -2.52. The second-order valence-corrected chi connectivity index (χ2v) is 3.16. The molecule has 0 aromatic carbocycles. The number of ether oxygens (including phenoxy) is 3. The van der Waals surface area contributed by atoms with E-state index in [1.807, 2.05) is 0 Å². The first kappa shape index (κ1) is 7.39. The number of carbonyl (C=O) groups excluding carboxylic acids is 2. The van der Waals surface area contributed by atoms with Crippen LogP contribution in [0.1, 0.15) is 19.8 Å². The minimum atomic E-state index is -0.968. The summed E-state index contributed by atoms with van der Waals surface area (Å²) in [6.07, 6.45) is -0.839. The van der Waals surface area contributed by atoms with E-state index in [0.717, 1.165) is 6.42 Å². The van der Waals surface area contributed by atoms with Crippen molar-refractivity contribution >= 4 is 12.3 Å². The first-order chi connectivity index (χ1) is 5.60. The van der Waals surface area contributed by atoms with Crippen LogP contribution >= 0.6 is 0 Å². The van der Waals surface area contributed by atoms with Crippen LogP contribution in [0.2, 0.25) is 0 Å². The zero-order valence-corrected chi connectivity index (χ0v) is 6.53. The number of carbonyl (C=O) groups is 2. The summed E-state index contributed by atoms with van der Waals surface area (Å²) < 4.78 is 13.8. The van der Waals surface area contributed by atoms with Gasteiger partial charge in [0.1, 0.15) is 11.7 Å². The van der Waals surface area contributed by atoms with E-state index in [9.17, 15) is 9.59 Å². The van der Waals surface area contributed by atoms with Crippen LogP contribution in [0.15, 0.2) is 0 Å². The van der Waals surface area contributed by atoms with Crippen molar-refractivity contribution in [3.8, 4) is 0 Å². The molecule has 66 valence electrons. The summed E-state index contributed by atoms with van der Waals surface area (Å²) in [5.74, 6) is 0. The standard InChI is InChI=1S/C7H8O5/c1-7-3-2-4(7)10-5(8)11-6(9)12-7/h4H,2-3H2,1H3. The van der Waals surface area contributed by atoms with Crippen LogP contribution in [-0.4, -0.2) is 24.0 Å². The average molecular weight is 172 g/mol. The number of cyclic esters (lactones) is 2. The normalized spacial score (nSPS) is 39.6. The summed E-state index contributed by atoms with van der Waals surface area (Å²) in [6, 6.07) is 0. The Hall–Kier alpha value is -1.26. The van der Waals surface area contributed by atoms with Gasteiger partial charge in [-0.3, -0.25) is 0 Å². The van der Waals surface area contributed by atoms with Crippen molar-refractivity contribution in [2.75, 3.05) is 0 Å². The summed E-state index contributed by atoms with van der Waals surface area (Å²) >= 11 is 0. The van der Waals surface area contributed by atoms with Crippen LogP contribution in [0.25, 0.3) is 0 Å². The van der Waals surface area contributed by atoms with Crippen LogP contribution in [0.3, 0.4) is 0 Å². The van der Waals surface area contributed by atoms with E-state index < -0.39 is 17.9 Å². The van der Waals surface area contributed by atoms with Crippen LogP contribution < -0.4 is 0 Å². The second-order valence-electron chi connectivity index (χ2n) is 3.16. The summed E-state index contributed by atoms with van der Waals surface area (Å²) in [5.41, 5.74) is -0.663. The molecule has 0 bridgehead atoms. The maximum atomic E-state index is 10.7. The number of hydrogen-bond donors (Lipinski definition) is 0. The molecular weight excluding hydrogens is 164 g/mol. The fourth-order valence-corrected chi connectivity index (χ4v) is 1.39. The molecule has 1 saturated carbocycles. The summed E-state index contributed by atoms with van der Waals surface area (Å²) in [4.78, 5) is 21.4. The van der Waals surface area contributed by atoms with Gasteiger partial charge in [-0.25, -0.2) is 9.59 Å². The highest BCUT2D eigenvalue weighted by Crippen LogP contribution is 2.39. The van der Waals surface area contributed by atoms with Gasteiger partial charge < -0.3 is 14.2 Å². The fraction of sp³-hybridized carbons (Fsp3) is 0.714. The molecule has 0 aromatic rings. The van der Waals surface area contributed by atoms with Gasteiger partial charge in [-0.2, -0.15) is 0 Å². The van der Waals surface area contributed by atoms with Gasteiger partial charge in [-0.05, 0) is 19.8 Å². The molecule has 2 aliphatic rings. The molecule has 2 fully saturated rings. The smallest absolute Gasteiger partial charge is 0.426 e. The highest BCUT2D eigenvalue weighted by atomic mass is 16.8. The third-order valence-electron chi connectivity index (χ3n) is 2.31. The Labute approximate surface area is 68.6 Å². The Bertz CT molecular complexity index is 248. The molecular formula is C7H8O5. The predicted molar refractivity (Wildman–Crippen MR) is 35.5 cm³/mol. The summed E-state index contributed by atoms with van der Waals surface area (Å²) in [7, 11) is 0. The van der Waals surface area contributed by atoms with Crippen LogP contribution in [-0.2, 0) is 14.2 Å². The number of rotatable bonds is 0. The van der Waals surface area contributed by atoms with E-state index in [2.05, 4.69) is 4.74 Å². The predicted octanol–water partition coefficient (Wildman–Crippen LogP) is 1.21. The molecule has 0 spiro atoms.